The molecule has 0 radical (unpaired) electrons. The van der Waals surface area contributed by atoms with Crippen LogP contribution in [0.15, 0.2) is 59.6 Å². The molecule has 2 N–H and O–H groups in total. The normalized spacial score (nSPS) is 11.2. The molecule has 0 aliphatic rings. The van der Waals surface area contributed by atoms with Crippen LogP contribution in [0.4, 0.5) is 0 Å². The highest BCUT2D eigenvalue weighted by atomic mass is 16.5. The minimum absolute atomic E-state index is 0.0321. The van der Waals surface area contributed by atoms with Crippen molar-refractivity contribution in [3.63, 3.8) is 0 Å². The van der Waals surface area contributed by atoms with Crippen molar-refractivity contribution >= 4 is 11.9 Å². The Hall–Kier alpha value is -3.06. The fourth-order valence-corrected chi connectivity index (χ4v) is 3.05. The molecule has 0 aromatic heterocycles. The first-order valence-electron chi connectivity index (χ1n) is 11.2. The molecule has 0 heterocycles. The van der Waals surface area contributed by atoms with Crippen LogP contribution in [0.2, 0.25) is 0 Å². The maximum atomic E-state index is 12.8. The number of hydrogen-bond donors (Lipinski definition) is 2. The van der Waals surface area contributed by atoms with Gasteiger partial charge in [0.05, 0.1) is 20.2 Å². The lowest BCUT2D eigenvalue weighted by Crippen LogP contribution is -2.44. The third-order valence-electron chi connectivity index (χ3n) is 4.90. The first-order chi connectivity index (χ1) is 15.7. The van der Waals surface area contributed by atoms with E-state index in [0.29, 0.717) is 45.4 Å². The van der Waals surface area contributed by atoms with Crippen LogP contribution < -0.4 is 15.4 Å². The highest BCUT2D eigenvalue weighted by Gasteiger charge is 2.13. The van der Waals surface area contributed by atoms with E-state index in [-0.39, 0.29) is 12.5 Å². The molecule has 0 unspecified atom stereocenters. The average Bonchev–Trinajstić information content (AvgIpc) is 2.84. The third kappa shape index (κ3) is 9.39. The van der Waals surface area contributed by atoms with Crippen molar-refractivity contribution in [1.82, 2.24) is 15.5 Å². The maximum Gasteiger partial charge on any atom is 0.242 e. The van der Waals surface area contributed by atoms with Gasteiger partial charge < -0.3 is 25.0 Å². The second-order valence-corrected chi connectivity index (χ2v) is 7.24. The number of ether oxygens (including phenoxy) is 2. The number of nitrogens with one attached hydrogen (secondary N) is 2. The number of carbonyl (C=O) groups excluding carboxylic acids is 1. The van der Waals surface area contributed by atoms with Crippen molar-refractivity contribution in [3.05, 3.63) is 65.7 Å². The lowest BCUT2D eigenvalue weighted by Gasteiger charge is -2.22. The monoisotopic (exact) mass is 440 g/mol. The Morgan fingerprint density at radius 2 is 1.75 bits per heavy atom. The number of nitrogens with zero attached hydrogens (tertiary/aromatic N) is 2. The number of benzene rings is 2. The van der Waals surface area contributed by atoms with E-state index in [4.69, 9.17) is 9.47 Å². The van der Waals surface area contributed by atoms with E-state index in [9.17, 15) is 4.79 Å². The van der Waals surface area contributed by atoms with Crippen LogP contribution in [0, 0.1) is 0 Å². The minimum Gasteiger partial charge on any atom is -0.497 e. The molecular formula is C25H36N4O3. The molecule has 0 saturated carbocycles. The summed E-state index contributed by atoms with van der Waals surface area (Å²) in [6.07, 6.45) is 0.861. The maximum absolute atomic E-state index is 12.8. The van der Waals surface area contributed by atoms with E-state index in [1.54, 1.807) is 7.11 Å². The summed E-state index contributed by atoms with van der Waals surface area (Å²) in [5, 5.41) is 6.48. The molecule has 1 amide bonds. The second-order valence-electron chi connectivity index (χ2n) is 7.24. The largest absolute Gasteiger partial charge is 0.497 e. The summed E-state index contributed by atoms with van der Waals surface area (Å²) in [5.74, 6) is 1.46. The summed E-state index contributed by atoms with van der Waals surface area (Å²) in [4.78, 5) is 19.3. The first kappa shape index (κ1) is 25.2. The van der Waals surface area contributed by atoms with Gasteiger partial charge in [-0.2, -0.15) is 0 Å². The molecule has 7 heteroatoms. The number of methoxy groups -OCH3 is 1. The van der Waals surface area contributed by atoms with Crippen LogP contribution >= 0.6 is 0 Å². The minimum atomic E-state index is 0.0321. The van der Waals surface area contributed by atoms with Crippen LogP contribution in [0.5, 0.6) is 5.75 Å². The Bertz CT molecular complexity index is 810. The number of hydrogen-bond acceptors (Lipinski definition) is 4. The fourth-order valence-electron chi connectivity index (χ4n) is 3.05. The van der Waals surface area contributed by atoms with E-state index in [2.05, 4.69) is 15.6 Å². The lowest BCUT2D eigenvalue weighted by atomic mass is 10.2. The highest BCUT2D eigenvalue weighted by Crippen LogP contribution is 2.11. The molecule has 0 spiro atoms. The Balaban J connectivity index is 1.94. The molecule has 0 atom stereocenters. The highest BCUT2D eigenvalue weighted by molar-refractivity contribution is 5.86. The Labute approximate surface area is 191 Å². The van der Waals surface area contributed by atoms with Crippen LogP contribution in [0.25, 0.3) is 0 Å². The van der Waals surface area contributed by atoms with Crippen molar-refractivity contribution in [1.29, 1.82) is 0 Å². The summed E-state index contributed by atoms with van der Waals surface area (Å²) in [7, 11) is 1.65. The Kier molecular flexibility index (Phi) is 11.7. The second kappa shape index (κ2) is 14.9. The van der Waals surface area contributed by atoms with Crippen molar-refractivity contribution in [2.75, 3.05) is 40.0 Å². The molecule has 0 aliphatic carbocycles. The number of likely N-dealkylation sites (N-methyl/N-ethyl adjacent to an activating group) is 1. The Morgan fingerprint density at radius 1 is 1.00 bits per heavy atom. The predicted octanol–water partition coefficient (Wildman–Crippen LogP) is 3.21. The van der Waals surface area contributed by atoms with Crippen LogP contribution in [0.1, 0.15) is 31.4 Å². The van der Waals surface area contributed by atoms with E-state index >= 15 is 0 Å². The lowest BCUT2D eigenvalue weighted by molar-refractivity contribution is -0.130. The molecule has 0 saturated heterocycles. The first-order valence-corrected chi connectivity index (χ1v) is 11.2. The van der Waals surface area contributed by atoms with Gasteiger partial charge in [-0.15, -0.1) is 0 Å². The van der Waals surface area contributed by atoms with Crippen LogP contribution in [0.3, 0.4) is 0 Å². The van der Waals surface area contributed by atoms with Gasteiger partial charge in [0.25, 0.3) is 0 Å². The van der Waals surface area contributed by atoms with E-state index < -0.39 is 0 Å². The van der Waals surface area contributed by atoms with Gasteiger partial charge in [-0.1, -0.05) is 42.5 Å². The van der Waals surface area contributed by atoms with Gasteiger partial charge in [-0.05, 0) is 43.5 Å². The predicted molar refractivity (Wildman–Crippen MR) is 129 cm³/mol. The molecule has 0 fully saturated rings. The van der Waals surface area contributed by atoms with Gasteiger partial charge in [0, 0.05) is 32.8 Å². The van der Waals surface area contributed by atoms with E-state index in [1.807, 2.05) is 73.3 Å². The van der Waals surface area contributed by atoms with Gasteiger partial charge in [0.2, 0.25) is 5.91 Å². The number of carbonyl (C=O) groups is 1. The van der Waals surface area contributed by atoms with Gasteiger partial charge in [-0.3, -0.25) is 4.79 Å². The molecule has 0 bridgehead atoms. The van der Waals surface area contributed by atoms with Gasteiger partial charge >= 0.3 is 0 Å². The SMILES string of the molecule is CCOCCCNC(=NCc1ccc(OC)cc1)NCC(=O)N(CC)Cc1ccccc1. The fraction of sp³-hybridized carbons (Fsp3) is 0.440. The molecule has 32 heavy (non-hydrogen) atoms. The number of aliphatic imine (C=N–C) groups is 1. The molecular weight excluding hydrogens is 404 g/mol. The van der Waals surface area contributed by atoms with Gasteiger partial charge in [0.15, 0.2) is 5.96 Å². The van der Waals surface area contributed by atoms with Crippen molar-refractivity contribution in [3.8, 4) is 5.75 Å². The van der Waals surface area contributed by atoms with Crippen LogP contribution in [-0.4, -0.2) is 56.7 Å². The molecule has 2 aromatic carbocycles. The summed E-state index contributed by atoms with van der Waals surface area (Å²) in [6.45, 7) is 8.01. The van der Waals surface area contributed by atoms with E-state index in [1.165, 1.54) is 0 Å². The van der Waals surface area contributed by atoms with Crippen molar-refractivity contribution < 1.29 is 14.3 Å². The number of amides is 1. The summed E-state index contributed by atoms with van der Waals surface area (Å²) in [5.41, 5.74) is 2.18. The van der Waals surface area contributed by atoms with Gasteiger partial charge in [-0.25, -0.2) is 4.99 Å². The standard InChI is InChI=1S/C25H36N4O3/c1-4-29(20-22-10-7-6-8-11-22)24(30)19-28-25(26-16-9-17-32-5-2)27-18-21-12-14-23(31-3)15-13-21/h6-8,10-15H,4-5,9,16-20H2,1-3H3,(H2,26,27,28). The topological polar surface area (TPSA) is 75.2 Å². The summed E-state index contributed by atoms with van der Waals surface area (Å²) >= 11 is 0. The molecule has 2 rings (SSSR count). The number of guanidine groups is 1. The number of rotatable bonds is 13. The smallest absolute Gasteiger partial charge is 0.242 e. The zero-order chi connectivity index (χ0) is 23.0. The van der Waals surface area contributed by atoms with Crippen molar-refractivity contribution in [2.45, 2.75) is 33.4 Å². The summed E-state index contributed by atoms with van der Waals surface area (Å²) in [6, 6.07) is 17.8. The van der Waals surface area contributed by atoms with Gasteiger partial charge in [0.1, 0.15) is 5.75 Å². The Morgan fingerprint density at radius 3 is 2.41 bits per heavy atom. The average molecular weight is 441 g/mol. The molecule has 7 nitrogen and oxygen atoms in total. The molecule has 2 aromatic rings. The quantitative estimate of drug-likeness (QED) is 0.284. The third-order valence-corrected chi connectivity index (χ3v) is 4.90. The van der Waals surface area contributed by atoms with Crippen LogP contribution in [-0.2, 0) is 22.6 Å². The zero-order valence-corrected chi connectivity index (χ0v) is 19.5. The van der Waals surface area contributed by atoms with E-state index in [0.717, 1.165) is 23.3 Å². The van der Waals surface area contributed by atoms with Crippen molar-refractivity contribution in [2.24, 2.45) is 4.99 Å². The summed E-state index contributed by atoms with van der Waals surface area (Å²) < 4.78 is 10.6. The zero-order valence-electron chi connectivity index (χ0n) is 19.5. The molecule has 0 aliphatic heterocycles. The molecule has 174 valence electrons.